The van der Waals surface area contributed by atoms with Crippen LogP contribution in [-0.4, -0.2) is 64.2 Å². The van der Waals surface area contributed by atoms with Crippen molar-refractivity contribution in [2.75, 3.05) is 13.7 Å². The van der Waals surface area contributed by atoms with E-state index >= 15 is 0 Å². The molecule has 5 atom stereocenters. The molecule has 0 radical (unpaired) electrons. The summed E-state index contributed by atoms with van der Waals surface area (Å²) in [5.74, 6) is -1.13. The number of fused-ring (bicyclic) bond motifs is 1. The van der Waals surface area contributed by atoms with Crippen LogP contribution in [0.1, 0.15) is 40.5 Å². The average molecular weight is 329 g/mol. The second kappa shape index (κ2) is 5.94. The Bertz CT molecular complexity index is 487. The van der Waals surface area contributed by atoms with Crippen LogP contribution in [0.2, 0.25) is 0 Å². The molecule has 7 heteroatoms. The lowest BCUT2D eigenvalue weighted by atomic mass is 9.66. The van der Waals surface area contributed by atoms with E-state index in [1.807, 2.05) is 6.92 Å². The summed E-state index contributed by atoms with van der Waals surface area (Å²) >= 11 is 0. The van der Waals surface area contributed by atoms with E-state index in [1.54, 1.807) is 20.8 Å². The largest absolute Gasteiger partial charge is 0.467 e. The van der Waals surface area contributed by atoms with Crippen LogP contribution in [0.15, 0.2) is 0 Å². The van der Waals surface area contributed by atoms with Crippen LogP contribution in [0.3, 0.4) is 0 Å². The number of rotatable bonds is 1. The van der Waals surface area contributed by atoms with Crippen molar-refractivity contribution >= 4 is 12.1 Å². The molecule has 23 heavy (non-hydrogen) atoms. The Morgan fingerprint density at radius 3 is 2.39 bits per heavy atom. The number of carbonyl (C=O) groups is 2. The van der Waals surface area contributed by atoms with Gasteiger partial charge in [0.25, 0.3) is 0 Å². The van der Waals surface area contributed by atoms with Gasteiger partial charge in [0.05, 0.1) is 13.2 Å². The zero-order valence-corrected chi connectivity index (χ0v) is 14.4. The summed E-state index contributed by atoms with van der Waals surface area (Å²) in [4.78, 5) is 26.4. The van der Waals surface area contributed by atoms with E-state index in [0.29, 0.717) is 12.8 Å². The molecule has 0 aromatic heterocycles. The lowest BCUT2D eigenvalue weighted by molar-refractivity contribution is -0.184. The number of ether oxygens (including phenoxy) is 2. The minimum atomic E-state index is -1.58. The third kappa shape index (κ3) is 2.80. The Balaban J connectivity index is 2.44. The number of hydrogen-bond acceptors (Lipinski definition) is 6. The van der Waals surface area contributed by atoms with E-state index in [9.17, 15) is 19.8 Å². The third-order valence-corrected chi connectivity index (χ3v) is 4.91. The topological polar surface area (TPSA) is 96.3 Å². The molecule has 2 fully saturated rings. The van der Waals surface area contributed by atoms with Gasteiger partial charge in [-0.05, 0) is 45.4 Å². The van der Waals surface area contributed by atoms with Gasteiger partial charge in [-0.1, -0.05) is 6.92 Å². The lowest BCUT2D eigenvalue weighted by Gasteiger charge is -2.49. The summed E-state index contributed by atoms with van der Waals surface area (Å²) in [6.45, 7) is 7.31. The Morgan fingerprint density at radius 2 is 1.87 bits per heavy atom. The first-order valence-electron chi connectivity index (χ1n) is 8.00. The summed E-state index contributed by atoms with van der Waals surface area (Å²) in [5, 5.41) is 21.0. The minimum absolute atomic E-state index is 0.161. The molecule has 2 N–H and O–H groups in total. The quantitative estimate of drug-likeness (QED) is 0.694. The molecule has 0 unspecified atom stereocenters. The van der Waals surface area contributed by atoms with E-state index in [2.05, 4.69) is 0 Å². The fraction of sp³-hybridized carbons (Fsp3) is 0.875. The van der Waals surface area contributed by atoms with Gasteiger partial charge in [-0.2, -0.15) is 0 Å². The smallest absolute Gasteiger partial charge is 0.411 e. The molecule has 0 spiro atoms. The number of hydrogen-bond donors (Lipinski definition) is 2. The maximum atomic E-state index is 12.6. The van der Waals surface area contributed by atoms with Crippen LogP contribution in [-0.2, 0) is 14.3 Å². The summed E-state index contributed by atoms with van der Waals surface area (Å²) in [5.41, 5.74) is -2.30. The third-order valence-electron chi connectivity index (χ3n) is 4.91. The second-order valence-corrected chi connectivity index (χ2v) is 7.58. The SMILES string of the molecule is COC(=O)[C@]12[C@@H](CCN1C(=O)OC(C)(C)C)C[C@@H](C)[C@H](O)[C@H]2O. The van der Waals surface area contributed by atoms with E-state index in [4.69, 9.17) is 9.47 Å². The van der Waals surface area contributed by atoms with Gasteiger partial charge in [-0.25, -0.2) is 9.59 Å². The van der Waals surface area contributed by atoms with Crippen LogP contribution >= 0.6 is 0 Å². The van der Waals surface area contributed by atoms with Crippen molar-refractivity contribution in [3.8, 4) is 0 Å². The number of methoxy groups -OCH3 is 1. The first kappa shape index (κ1) is 18.0. The summed E-state index contributed by atoms with van der Waals surface area (Å²) in [6.07, 6.45) is -2.09. The number of carbonyl (C=O) groups excluding carboxylic acids is 2. The van der Waals surface area contributed by atoms with E-state index in [0.717, 1.165) is 0 Å². The van der Waals surface area contributed by atoms with Crippen molar-refractivity contribution < 1.29 is 29.3 Å². The maximum Gasteiger partial charge on any atom is 0.411 e. The van der Waals surface area contributed by atoms with Crippen LogP contribution in [0.25, 0.3) is 0 Å². The molecule has 2 aliphatic rings. The molecule has 1 saturated carbocycles. The maximum absolute atomic E-state index is 12.6. The molecule has 0 aromatic carbocycles. The van der Waals surface area contributed by atoms with E-state index < -0.39 is 35.4 Å². The predicted octanol–water partition coefficient (Wildman–Crippen LogP) is 0.917. The first-order chi connectivity index (χ1) is 10.6. The summed E-state index contributed by atoms with van der Waals surface area (Å²) in [7, 11) is 1.22. The van der Waals surface area contributed by atoms with E-state index in [-0.39, 0.29) is 18.4 Å². The van der Waals surface area contributed by atoms with Gasteiger partial charge < -0.3 is 19.7 Å². The predicted molar refractivity (Wildman–Crippen MR) is 81.6 cm³/mol. The van der Waals surface area contributed by atoms with E-state index in [1.165, 1.54) is 12.0 Å². The van der Waals surface area contributed by atoms with Crippen LogP contribution in [0.4, 0.5) is 4.79 Å². The van der Waals surface area contributed by atoms with Crippen molar-refractivity contribution in [1.82, 2.24) is 4.90 Å². The van der Waals surface area contributed by atoms with Crippen molar-refractivity contribution in [2.45, 2.75) is 63.9 Å². The van der Waals surface area contributed by atoms with Crippen molar-refractivity contribution in [3.05, 3.63) is 0 Å². The normalized spacial score (nSPS) is 37.3. The standard InChI is InChI=1S/C16H27NO6/c1-9-8-10-6-7-17(14(21)23-15(2,3)4)16(10,13(20)22-5)12(19)11(9)18/h9-12,18-19H,6-8H2,1-5H3/t9-,10+,11+,12-,16-/m1/s1. The zero-order chi connectivity index (χ0) is 17.6. The van der Waals surface area contributed by atoms with Crippen LogP contribution in [0, 0.1) is 11.8 Å². The molecule has 132 valence electrons. The number of amides is 1. The molecule has 1 aliphatic heterocycles. The van der Waals surface area contributed by atoms with Crippen molar-refractivity contribution in [1.29, 1.82) is 0 Å². The number of esters is 1. The Labute approximate surface area is 136 Å². The Hall–Kier alpha value is -1.34. The van der Waals surface area contributed by atoms with Gasteiger partial charge in [0, 0.05) is 6.54 Å². The van der Waals surface area contributed by atoms with Gasteiger partial charge >= 0.3 is 12.1 Å². The highest BCUT2D eigenvalue weighted by Gasteiger charge is 2.66. The average Bonchev–Trinajstić information content (AvgIpc) is 2.82. The molecule has 2 rings (SSSR count). The molecule has 1 heterocycles. The highest BCUT2D eigenvalue weighted by molar-refractivity contribution is 5.88. The van der Waals surface area contributed by atoms with Gasteiger partial charge in [0.1, 0.15) is 11.7 Å². The molecule has 0 aromatic rings. The fourth-order valence-corrected chi connectivity index (χ4v) is 3.89. The number of aliphatic hydroxyl groups is 2. The van der Waals surface area contributed by atoms with Crippen LogP contribution < -0.4 is 0 Å². The highest BCUT2D eigenvalue weighted by atomic mass is 16.6. The van der Waals surface area contributed by atoms with Crippen LogP contribution in [0.5, 0.6) is 0 Å². The molecule has 1 aliphatic carbocycles. The molecular formula is C16H27NO6. The van der Waals surface area contributed by atoms with Gasteiger partial charge in [0.2, 0.25) is 0 Å². The Kier molecular flexibility index (Phi) is 4.65. The minimum Gasteiger partial charge on any atom is -0.467 e. The second-order valence-electron chi connectivity index (χ2n) is 7.58. The molecular weight excluding hydrogens is 302 g/mol. The van der Waals surface area contributed by atoms with Crippen molar-refractivity contribution in [3.63, 3.8) is 0 Å². The number of likely N-dealkylation sites (tertiary alicyclic amines) is 1. The molecule has 0 bridgehead atoms. The molecule has 7 nitrogen and oxygen atoms in total. The molecule has 1 saturated heterocycles. The highest BCUT2D eigenvalue weighted by Crippen LogP contribution is 2.48. The zero-order valence-electron chi connectivity index (χ0n) is 14.4. The van der Waals surface area contributed by atoms with Gasteiger partial charge in [0.15, 0.2) is 5.54 Å². The number of nitrogens with zero attached hydrogens (tertiary/aromatic N) is 1. The lowest BCUT2D eigenvalue weighted by Crippen LogP contribution is -2.70. The van der Waals surface area contributed by atoms with Gasteiger partial charge in [-0.15, -0.1) is 0 Å². The Morgan fingerprint density at radius 1 is 1.26 bits per heavy atom. The molecule has 1 amide bonds. The van der Waals surface area contributed by atoms with Gasteiger partial charge in [-0.3, -0.25) is 4.90 Å². The summed E-state index contributed by atoms with van der Waals surface area (Å²) in [6, 6.07) is 0. The van der Waals surface area contributed by atoms with Crippen molar-refractivity contribution in [2.24, 2.45) is 11.8 Å². The first-order valence-corrected chi connectivity index (χ1v) is 8.00. The fourth-order valence-electron chi connectivity index (χ4n) is 3.89. The summed E-state index contributed by atoms with van der Waals surface area (Å²) < 4.78 is 10.3. The monoisotopic (exact) mass is 329 g/mol. The number of aliphatic hydroxyl groups excluding tert-OH is 2.